The van der Waals surface area contributed by atoms with Crippen LogP contribution in [0.1, 0.15) is 51.8 Å². The van der Waals surface area contributed by atoms with Gasteiger partial charge in [0.1, 0.15) is 5.60 Å². The highest BCUT2D eigenvalue weighted by molar-refractivity contribution is 5.67. The summed E-state index contributed by atoms with van der Waals surface area (Å²) in [5.74, 6) is 0. The third kappa shape index (κ3) is 7.13. The number of pyridine rings is 1. The van der Waals surface area contributed by atoms with Gasteiger partial charge < -0.3 is 15.4 Å². The molecular formula is C21H29N3O2. The fourth-order valence-corrected chi connectivity index (χ4v) is 2.37. The van der Waals surface area contributed by atoms with Crippen molar-refractivity contribution in [3.63, 3.8) is 0 Å². The Bertz CT molecular complexity index is 689. The van der Waals surface area contributed by atoms with E-state index in [0.29, 0.717) is 6.54 Å². The molecule has 0 unspecified atom stereocenters. The number of ether oxygens (including phenoxy) is 1. The Balaban J connectivity index is 1.84. The number of benzene rings is 1. The number of nitrogens with zero attached hydrogens (tertiary/aromatic N) is 1. The van der Waals surface area contributed by atoms with Crippen LogP contribution >= 0.6 is 0 Å². The molecule has 5 nitrogen and oxygen atoms in total. The third-order valence-electron chi connectivity index (χ3n) is 3.69. The summed E-state index contributed by atoms with van der Waals surface area (Å²) in [5.41, 5.74) is 3.59. The van der Waals surface area contributed by atoms with Gasteiger partial charge in [0.15, 0.2) is 0 Å². The van der Waals surface area contributed by atoms with Gasteiger partial charge in [-0.25, -0.2) is 4.79 Å². The van der Waals surface area contributed by atoms with Crippen molar-refractivity contribution in [2.75, 3.05) is 5.32 Å². The number of carbonyl (C=O) groups is 1. The number of aryl methyl sites for hydroxylation is 1. The van der Waals surface area contributed by atoms with E-state index in [0.717, 1.165) is 29.1 Å². The Hall–Kier alpha value is -2.56. The van der Waals surface area contributed by atoms with Crippen molar-refractivity contribution in [3.05, 3.63) is 53.9 Å². The number of alkyl carbamates (subject to hydrolysis) is 1. The van der Waals surface area contributed by atoms with Crippen molar-refractivity contribution in [2.45, 2.75) is 59.1 Å². The third-order valence-corrected chi connectivity index (χ3v) is 3.69. The van der Waals surface area contributed by atoms with Crippen LogP contribution in [0.3, 0.4) is 0 Å². The highest BCUT2D eigenvalue weighted by atomic mass is 16.6. The predicted molar refractivity (Wildman–Crippen MR) is 106 cm³/mol. The number of nitrogens with one attached hydrogen (secondary N) is 2. The van der Waals surface area contributed by atoms with E-state index in [1.807, 2.05) is 51.2 Å². The Labute approximate surface area is 156 Å². The van der Waals surface area contributed by atoms with Crippen molar-refractivity contribution in [2.24, 2.45) is 0 Å². The first-order valence-corrected chi connectivity index (χ1v) is 9.13. The summed E-state index contributed by atoms with van der Waals surface area (Å²) in [6.45, 7) is 8.15. The molecule has 26 heavy (non-hydrogen) atoms. The van der Waals surface area contributed by atoms with Crippen molar-refractivity contribution >= 4 is 17.5 Å². The lowest BCUT2D eigenvalue weighted by Crippen LogP contribution is -2.32. The largest absolute Gasteiger partial charge is 0.444 e. The van der Waals surface area contributed by atoms with E-state index in [1.54, 1.807) is 0 Å². The predicted octanol–water partition coefficient (Wildman–Crippen LogP) is 5.19. The summed E-state index contributed by atoms with van der Waals surface area (Å²) in [6.07, 6.45) is 4.82. The van der Waals surface area contributed by atoms with Crippen LogP contribution in [0.5, 0.6) is 0 Å². The van der Waals surface area contributed by atoms with E-state index in [4.69, 9.17) is 4.74 Å². The minimum Gasteiger partial charge on any atom is -0.444 e. The Kier molecular flexibility index (Phi) is 7.01. The van der Waals surface area contributed by atoms with Gasteiger partial charge in [-0.05, 0) is 63.4 Å². The molecule has 0 spiro atoms. The average Bonchev–Trinajstić information content (AvgIpc) is 2.59. The van der Waals surface area contributed by atoms with E-state index in [2.05, 4.69) is 34.7 Å². The van der Waals surface area contributed by atoms with Gasteiger partial charge in [0, 0.05) is 17.9 Å². The number of unbranched alkanes of at least 4 members (excludes halogenated alkanes) is 1. The molecule has 0 bridgehead atoms. The second-order valence-electron chi connectivity index (χ2n) is 7.32. The highest BCUT2D eigenvalue weighted by Crippen LogP contribution is 2.17. The zero-order chi connectivity index (χ0) is 19.0. The molecule has 2 aromatic rings. The monoisotopic (exact) mass is 355 g/mol. The second-order valence-corrected chi connectivity index (χ2v) is 7.32. The molecule has 1 heterocycles. The molecule has 1 amide bonds. The van der Waals surface area contributed by atoms with E-state index in [-0.39, 0.29) is 0 Å². The Morgan fingerprint density at radius 1 is 1.08 bits per heavy atom. The standard InChI is InChI=1S/C21H29N3O2/c1-5-6-7-17-12-13-19(15-22-17)24-18-10-8-16(9-11-18)14-23-20(25)26-21(2,3)4/h8-13,15,24H,5-7,14H2,1-4H3,(H,23,25). The second kappa shape index (κ2) is 9.22. The molecule has 0 fully saturated rings. The minimum atomic E-state index is -0.488. The molecule has 0 saturated heterocycles. The number of hydrogen-bond donors (Lipinski definition) is 2. The first-order chi connectivity index (χ1) is 12.4. The lowest BCUT2D eigenvalue weighted by molar-refractivity contribution is 0.0523. The zero-order valence-corrected chi connectivity index (χ0v) is 16.1. The van der Waals surface area contributed by atoms with Crippen LogP contribution in [0.25, 0.3) is 0 Å². The SMILES string of the molecule is CCCCc1ccc(Nc2ccc(CNC(=O)OC(C)(C)C)cc2)cn1. The summed E-state index contributed by atoms with van der Waals surface area (Å²) in [5, 5.41) is 6.09. The summed E-state index contributed by atoms with van der Waals surface area (Å²) < 4.78 is 5.23. The molecule has 0 radical (unpaired) electrons. The van der Waals surface area contributed by atoms with Crippen molar-refractivity contribution in [3.8, 4) is 0 Å². The maximum atomic E-state index is 11.7. The van der Waals surface area contributed by atoms with Crippen LogP contribution in [0, 0.1) is 0 Å². The number of anilines is 2. The van der Waals surface area contributed by atoms with Gasteiger partial charge in [-0.1, -0.05) is 25.5 Å². The van der Waals surface area contributed by atoms with Gasteiger partial charge in [-0.3, -0.25) is 4.98 Å². The van der Waals surface area contributed by atoms with Gasteiger partial charge in [0.25, 0.3) is 0 Å². The minimum absolute atomic E-state index is 0.408. The van der Waals surface area contributed by atoms with Crippen LogP contribution in [0.4, 0.5) is 16.2 Å². The number of aromatic nitrogens is 1. The van der Waals surface area contributed by atoms with Crippen LogP contribution in [-0.4, -0.2) is 16.7 Å². The van der Waals surface area contributed by atoms with Crippen LogP contribution in [-0.2, 0) is 17.7 Å². The van der Waals surface area contributed by atoms with Gasteiger partial charge in [0.05, 0.1) is 11.9 Å². The number of hydrogen-bond acceptors (Lipinski definition) is 4. The molecule has 1 aromatic heterocycles. The molecular weight excluding hydrogens is 326 g/mol. The summed E-state index contributed by atoms with van der Waals surface area (Å²) in [6, 6.07) is 12.0. The fourth-order valence-electron chi connectivity index (χ4n) is 2.37. The van der Waals surface area contributed by atoms with E-state index >= 15 is 0 Å². The molecule has 5 heteroatoms. The van der Waals surface area contributed by atoms with Crippen molar-refractivity contribution < 1.29 is 9.53 Å². The molecule has 0 aliphatic carbocycles. The number of rotatable bonds is 7. The normalized spacial score (nSPS) is 11.1. The fraction of sp³-hybridized carbons (Fsp3) is 0.429. The Morgan fingerprint density at radius 3 is 2.35 bits per heavy atom. The summed E-state index contributed by atoms with van der Waals surface area (Å²) in [7, 11) is 0. The molecule has 2 rings (SSSR count). The maximum absolute atomic E-state index is 11.7. The van der Waals surface area contributed by atoms with Crippen molar-refractivity contribution in [1.82, 2.24) is 10.3 Å². The number of carbonyl (C=O) groups excluding carboxylic acids is 1. The molecule has 0 atom stereocenters. The van der Waals surface area contributed by atoms with Crippen LogP contribution in [0.15, 0.2) is 42.6 Å². The smallest absolute Gasteiger partial charge is 0.407 e. The van der Waals surface area contributed by atoms with E-state index in [9.17, 15) is 4.79 Å². The quantitative estimate of drug-likeness (QED) is 0.717. The summed E-state index contributed by atoms with van der Waals surface area (Å²) >= 11 is 0. The highest BCUT2D eigenvalue weighted by Gasteiger charge is 2.15. The molecule has 1 aromatic carbocycles. The van der Waals surface area contributed by atoms with Gasteiger partial charge in [-0.15, -0.1) is 0 Å². The Morgan fingerprint density at radius 2 is 1.77 bits per heavy atom. The molecule has 0 aliphatic rings. The molecule has 2 N–H and O–H groups in total. The van der Waals surface area contributed by atoms with Gasteiger partial charge in [0.2, 0.25) is 0 Å². The average molecular weight is 355 g/mol. The topological polar surface area (TPSA) is 63.2 Å². The maximum Gasteiger partial charge on any atom is 0.407 e. The molecule has 0 saturated carbocycles. The van der Waals surface area contributed by atoms with Crippen LogP contribution in [0.2, 0.25) is 0 Å². The van der Waals surface area contributed by atoms with E-state index in [1.165, 1.54) is 12.8 Å². The van der Waals surface area contributed by atoms with Gasteiger partial charge >= 0.3 is 6.09 Å². The lowest BCUT2D eigenvalue weighted by Gasteiger charge is -2.19. The first-order valence-electron chi connectivity index (χ1n) is 9.13. The first kappa shape index (κ1) is 19.8. The zero-order valence-electron chi connectivity index (χ0n) is 16.1. The summed E-state index contributed by atoms with van der Waals surface area (Å²) in [4.78, 5) is 16.2. The van der Waals surface area contributed by atoms with E-state index < -0.39 is 11.7 Å². The van der Waals surface area contributed by atoms with Gasteiger partial charge in [-0.2, -0.15) is 0 Å². The number of amides is 1. The molecule has 0 aliphatic heterocycles. The van der Waals surface area contributed by atoms with Crippen LogP contribution < -0.4 is 10.6 Å². The molecule has 140 valence electrons. The lowest BCUT2D eigenvalue weighted by atomic mass is 10.2. The van der Waals surface area contributed by atoms with Crippen molar-refractivity contribution in [1.29, 1.82) is 0 Å².